The number of benzene rings is 2. The Morgan fingerprint density at radius 3 is 2.67 bits per heavy atom. The molecule has 1 aliphatic rings. The van der Waals surface area contributed by atoms with Gasteiger partial charge in [0.1, 0.15) is 0 Å². The highest BCUT2D eigenvalue weighted by Crippen LogP contribution is 2.34. The third kappa shape index (κ3) is 4.50. The van der Waals surface area contributed by atoms with Crippen LogP contribution in [0.15, 0.2) is 61.2 Å². The highest BCUT2D eigenvalue weighted by atomic mass is 16.2. The standard InChI is InChI=1S/C25H26N6O2/c32-24(18-6-2-1-3-7-18)30-19-12-21(25(33)26-11-10-17-14-28-29-15-17)23-22(13-19)27-16-31(23)20-8-4-5-9-20/h1-3,6-7,12-16,20H,4-5,8-11H2,(H,26,33)(H,28,29)(H,30,32). The van der Waals surface area contributed by atoms with E-state index < -0.39 is 0 Å². The number of nitrogens with zero attached hydrogens (tertiary/aromatic N) is 3. The Bertz CT molecular complexity index is 1260. The predicted octanol–water partition coefficient (Wildman–Crippen LogP) is 4.10. The van der Waals surface area contributed by atoms with E-state index in [1.165, 1.54) is 12.8 Å². The van der Waals surface area contributed by atoms with Crippen LogP contribution in [-0.4, -0.2) is 38.1 Å². The molecule has 3 N–H and O–H groups in total. The summed E-state index contributed by atoms with van der Waals surface area (Å²) in [6.45, 7) is 0.484. The minimum absolute atomic E-state index is 0.181. The number of hydrogen-bond acceptors (Lipinski definition) is 4. The molecular formula is C25H26N6O2. The second kappa shape index (κ2) is 9.28. The summed E-state index contributed by atoms with van der Waals surface area (Å²) in [5.74, 6) is -0.407. The summed E-state index contributed by atoms with van der Waals surface area (Å²) in [6, 6.07) is 13.0. The molecule has 2 aromatic heterocycles. The van der Waals surface area contributed by atoms with Crippen molar-refractivity contribution >= 4 is 28.5 Å². The van der Waals surface area contributed by atoms with Gasteiger partial charge in [-0.05, 0) is 49.1 Å². The number of nitrogens with one attached hydrogen (secondary N) is 3. The van der Waals surface area contributed by atoms with Gasteiger partial charge < -0.3 is 15.2 Å². The molecule has 1 saturated carbocycles. The van der Waals surface area contributed by atoms with Crippen molar-refractivity contribution in [1.29, 1.82) is 0 Å². The Balaban J connectivity index is 1.45. The van der Waals surface area contributed by atoms with Crippen molar-refractivity contribution in [3.05, 3.63) is 77.9 Å². The molecule has 0 bridgehead atoms. The molecule has 0 spiro atoms. The molecule has 0 saturated heterocycles. The van der Waals surface area contributed by atoms with Crippen LogP contribution in [0.3, 0.4) is 0 Å². The molecule has 5 rings (SSSR count). The van der Waals surface area contributed by atoms with Gasteiger partial charge in [-0.25, -0.2) is 4.98 Å². The lowest BCUT2D eigenvalue weighted by atomic mass is 10.1. The number of aromatic amines is 1. The lowest BCUT2D eigenvalue weighted by molar-refractivity contribution is 0.0954. The number of carbonyl (C=O) groups excluding carboxylic acids is 2. The predicted molar refractivity (Wildman–Crippen MR) is 126 cm³/mol. The van der Waals surface area contributed by atoms with Gasteiger partial charge in [0, 0.05) is 30.0 Å². The van der Waals surface area contributed by atoms with E-state index >= 15 is 0 Å². The molecule has 0 atom stereocenters. The Labute approximate surface area is 191 Å². The SMILES string of the molecule is O=C(Nc1cc(C(=O)NCCc2cn[nH]c2)c2c(c1)ncn2C1CCCC1)c1ccccc1. The second-order valence-electron chi connectivity index (χ2n) is 8.41. The molecule has 0 aliphatic heterocycles. The van der Waals surface area contributed by atoms with Gasteiger partial charge in [-0.15, -0.1) is 0 Å². The zero-order chi connectivity index (χ0) is 22.6. The van der Waals surface area contributed by atoms with Crippen molar-refractivity contribution in [2.45, 2.75) is 38.1 Å². The fourth-order valence-electron chi connectivity index (χ4n) is 4.50. The smallest absolute Gasteiger partial charge is 0.255 e. The summed E-state index contributed by atoms with van der Waals surface area (Å²) in [4.78, 5) is 30.6. The number of carbonyl (C=O) groups is 2. The van der Waals surface area contributed by atoms with Crippen molar-refractivity contribution in [2.75, 3.05) is 11.9 Å². The molecule has 8 nitrogen and oxygen atoms in total. The van der Waals surface area contributed by atoms with E-state index in [4.69, 9.17) is 0 Å². The number of fused-ring (bicyclic) bond motifs is 1. The minimum atomic E-state index is -0.225. The van der Waals surface area contributed by atoms with Gasteiger partial charge in [-0.3, -0.25) is 14.7 Å². The molecule has 168 valence electrons. The third-order valence-corrected chi connectivity index (χ3v) is 6.18. The maximum absolute atomic E-state index is 13.3. The Kier molecular flexibility index (Phi) is 5.89. The number of H-pyrrole nitrogens is 1. The Hall–Kier alpha value is -3.94. The summed E-state index contributed by atoms with van der Waals surface area (Å²) in [7, 11) is 0. The first-order chi connectivity index (χ1) is 16.2. The van der Waals surface area contributed by atoms with Crippen molar-refractivity contribution in [2.24, 2.45) is 0 Å². The first-order valence-corrected chi connectivity index (χ1v) is 11.3. The minimum Gasteiger partial charge on any atom is -0.352 e. The number of anilines is 1. The maximum Gasteiger partial charge on any atom is 0.255 e. The molecule has 2 amide bonds. The summed E-state index contributed by atoms with van der Waals surface area (Å²) in [5, 5.41) is 12.7. The zero-order valence-corrected chi connectivity index (χ0v) is 18.3. The van der Waals surface area contributed by atoms with E-state index in [2.05, 4.69) is 30.4 Å². The van der Waals surface area contributed by atoms with Crippen LogP contribution in [0.5, 0.6) is 0 Å². The fourth-order valence-corrected chi connectivity index (χ4v) is 4.50. The number of hydrogen-bond donors (Lipinski definition) is 3. The zero-order valence-electron chi connectivity index (χ0n) is 18.3. The second-order valence-corrected chi connectivity index (χ2v) is 8.41. The Morgan fingerprint density at radius 1 is 1.09 bits per heavy atom. The van der Waals surface area contributed by atoms with Crippen LogP contribution in [-0.2, 0) is 6.42 Å². The third-order valence-electron chi connectivity index (χ3n) is 6.18. The fraction of sp³-hybridized carbons (Fsp3) is 0.280. The molecule has 1 fully saturated rings. The van der Waals surface area contributed by atoms with Crippen molar-refractivity contribution in [3.63, 3.8) is 0 Å². The van der Waals surface area contributed by atoms with Crippen LogP contribution in [0.2, 0.25) is 0 Å². The molecule has 8 heteroatoms. The lowest BCUT2D eigenvalue weighted by Gasteiger charge is -2.16. The molecule has 2 heterocycles. The number of aromatic nitrogens is 4. The summed E-state index contributed by atoms with van der Waals surface area (Å²) in [6.07, 6.45) is 10.6. The molecule has 2 aromatic carbocycles. The van der Waals surface area contributed by atoms with Crippen LogP contribution < -0.4 is 10.6 Å². The van der Waals surface area contributed by atoms with Crippen LogP contribution in [0.4, 0.5) is 5.69 Å². The normalized spacial score (nSPS) is 13.9. The van der Waals surface area contributed by atoms with Gasteiger partial charge in [0.05, 0.1) is 29.1 Å². The average Bonchev–Trinajstić information content (AvgIpc) is 3.60. The van der Waals surface area contributed by atoms with E-state index in [9.17, 15) is 9.59 Å². The van der Waals surface area contributed by atoms with Crippen molar-refractivity contribution < 1.29 is 9.59 Å². The number of rotatable bonds is 7. The maximum atomic E-state index is 13.3. The Morgan fingerprint density at radius 2 is 1.91 bits per heavy atom. The van der Waals surface area contributed by atoms with Crippen molar-refractivity contribution in [1.82, 2.24) is 25.1 Å². The largest absolute Gasteiger partial charge is 0.352 e. The molecular weight excluding hydrogens is 416 g/mol. The summed E-state index contributed by atoms with van der Waals surface area (Å²) >= 11 is 0. The lowest BCUT2D eigenvalue weighted by Crippen LogP contribution is -2.26. The quantitative estimate of drug-likeness (QED) is 0.401. The van der Waals surface area contributed by atoms with Crippen molar-refractivity contribution in [3.8, 4) is 0 Å². The van der Waals surface area contributed by atoms with Gasteiger partial charge in [-0.1, -0.05) is 31.0 Å². The molecule has 4 aromatic rings. The molecule has 33 heavy (non-hydrogen) atoms. The van der Waals surface area contributed by atoms with Crippen LogP contribution >= 0.6 is 0 Å². The summed E-state index contributed by atoms with van der Waals surface area (Å²) < 4.78 is 2.14. The molecule has 0 unspecified atom stereocenters. The van der Waals surface area contributed by atoms with Gasteiger partial charge in [0.25, 0.3) is 11.8 Å². The van der Waals surface area contributed by atoms with Gasteiger partial charge in [0.2, 0.25) is 0 Å². The van der Waals surface area contributed by atoms with Gasteiger partial charge in [-0.2, -0.15) is 5.10 Å². The van der Waals surface area contributed by atoms with Crippen LogP contribution in [0.25, 0.3) is 11.0 Å². The topological polar surface area (TPSA) is 105 Å². The van der Waals surface area contributed by atoms with E-state index in [-0.39, 0.29) is 11.8 Å². The first kappa shape index (κ1) is 20.9. The first-order valence-electron chi connectivity index (χ1n) is 11.3. The highest BCUT2D eigenvalue weighted by Gasteiger charge is 2.23. The number of amides is 2. The highest BCUT2D eigenvalue weighted by molar-refractivity contribution is 6.09. The van der Waals surface area contributed by atoms with Gasteiger partial charge >= 0.3 is 0 Å². The number of imidazole rings is 1. The van der Waals surface area contributed by atoms with E-state index in [0.717, 1.165) is 23.9 Å². The van der Waals surface area contributed by atoms with Crippen LogP contribution in [0, 0.1) is 0 Å². The van der Waals surface area contributed by atoms with E-state index in [0.29, 0.717) is 41.3 Å². The van der Waals surface area contributed by atoms with Crippen LogP contribution in [0.1, 0.15) is 58.0 Å². The average molecular weight is 443 g/mol. The van der Waals surface area contributed by atoms with E-state index in [1.807, 2.05) is 36.8 Å². The van der Waals surface area contributed by atoms with E-state index in [1.54, 1.807) is 24.4 Å². The monoisotopic (exact) mass is 442 g/mol. The van der Waals surface area contributed by atoms with Gasteiger partial charge in [0.15, 0.2) is 0 Å². The molecule has 1 aliphatic carbocycles. The molecule has 0 radical (unpaired) electrons. The summed E-state index contributed by atoms with van der Waals surface area (Å²) in [5.41, 5.74) is 4.18.